The van der Waals surface area contributed by atoms with Crippen molar-refractivity contribution in [3.63, 3.8) is 0 Å². The Morgan fingerprint density at radius 3 is 2.04 bits per heavy atom. The van der Waals surface area contributed by atoms with Gasteiger partial charge in [-0.1, -0.05) is 88.7 Å². The van der Waals surface area contributed by atoms with Crippen molar-refractivity contribution in [3.8, 4) is 0 Å². The number of sulfonamides is 1. The molecule has 1 N–H and O–H groups in total. The second kappa shape index (κ2) is 14.4. The Labute approximate surface area is 275 Å². The van der Waals surface area contributed by atoms with E-state index in [2.05, 4.69) is 21.2 Å². The van der Waals surface area contributed by atoms with Crippen molar-refractivity contribution < 1.29 is 18.0 Å². The van der Waals surface area contributed by atoms with Crippen LogP contribution in [0.3, 0.4) is 0 Å². The predicted octanol–water partition coefficient (Wildman–Crippen LogP) is 6.82. The Bertz CT molecular complexity index is 1740. The van der Waals surface area contributed by atoms with Gasteiger partial charge in [0.2, 0.25) is 11.8 Å². The van der Waals surface area contributed by atoms with Gasteiger partial charge in [-0.15, -0.1) is 0 Å². The zero-order chi connectivity index (χ0) is 32.8. The van der Waals surface area contributed by atoms with Crippen LogP contribution in [0.1, 0.15) is 43.0 Å². The number of aryl methyl sites for hydroxylation is 1. The number of hydrogen-bond donors (Lipinski definition) is 1. The van der Waals surface area contributed by atoms with Crippen LogP contribution in [0.2, 0.25) is 0 Å². The van der Waals surface area contributed by atoms with E-state index in [9.17, 15) is 18.0 Å². The van der Waals surface area contributed by atoms with Crippen LogP contribution in [-0.4, -0.2) is 43.3 Å². The van der Waals surface area contributed by atoms with Crippen molar-refractivity contribution >= 4 is 43.5 Å². The standard InChI is InChI=1S/C36H40BrN3O4S/c1-26-14-12-21-32(27(26)2)40(45(43,44)31-19-10-7-11-20-31)25-34(41)39(24-29-17-13-18-30(37)22-29)33(35(42)38-36(3,4)5)23-28-15-8-6-9-16-28/h6-22,33H,23-25H2,1-5H3,(H,38,42)/t33-/m1/s1. The number of nitrogens with zero attached hydrogens (tertiary/aromatic N) is 2. The van der Waals surface area contributed by atoms with E-state index in [4.69, 9.17) is 0 Å². The normalized spacial score (nSPS) is 12.3. The number of anilines is 1. The SMILES string of the molecule is Cc1cccc(N(CC(=O)N(Cc2cccc(Br)c2)[C@H](Cc2ccccc2)C(=O)NC(C)(C)C)S(=O)(=O)c2ccccc2)c1C. The van der Waals surface area contributed by atoms with Gasteiger partial charge in [-0.3, -0.25) is 13.9 Å². The first-order valence-electron chi connectivity index (χ1n) is 14.8. The highest BCUT2D eigenvalue weighted by Gasteiger charge is 2.36. The monoisotopic (exact) mass is 689 g/mol. The summed E-state index contributed by atoms with van der Waals surface area (Å²) in [6, 6.07) is 29.6. The van der Waals surface area contributed by atoms with E-state index in [0.29, 0.717) is 5.69 Å². The first-order chi connectivity index (χ1) is 21.3. The van der Waals surface area contributed by atoms with Gasteiger partial charge < -0.3 is 10.2 Å². The second-order valence-electron chi connectivity index (χ2n) is 12.1. The lowest BCUT2D eigenvalue weighted by Crippen LogP contribution is -2.56. The molecule has 9 heteroatoms. The zero-order valence-corrected chi connectivity index (χ0v) is 28.7. The molecule has 236 valence electrons. The van der Waals surface area contributed by atoms with Crippen molar-refractivity contribution in [2.75, 3.05) is 10.8 Å². The molecule has 0 radical (unpaired) electrons. The molecule has 0 saturated heterocycles. The Morgan fingerprint density at radius 2 is 1.42 bits per heavy atom. The predicted molar refractivity (Wildman–Crippen MR) is 183 cm³/mol. The van der Waals surface area contributed by atoms with Crippen molar-refractivity contribution in [1.29, 1.82) is 0 Å². The van der Waals surface area contributed by atoms with Crippen molar-refractivity contribution in [3.05, 3.63) is 130 Å². The third kappa shape index (κ3) is 8.83. The summed E-state index contributed by atoms with van der Waals surface area (Å²) in [5, 5.41) is 3.06. The number of carbonyl (C=O) groups is 2. The van der Waals surface area contributed by atoms with Crippen LogP contribution in [0.5, 0.6) is 0 Å². The van der Waals surface area contributed by atoms with Gasteiger partial charge in [0.1, 0.15) is 12.6 Å². The lowest BCUT2D eigenvalue weighted by molar-refractivity contribution is -0.140. The van der Waals surface area contributed by atoms with Crippen LogP contribution >= 0.6 is 15.9 Å². The molecule has 0 bridgehead atoms. The molecule has 0 spiro atoms. The smallest absolute Gasteiger partial charge is 0.264 e. The lowest BCUT2D eigenvalue weighted by atomic mass is 10.0. The largest absolute Gasteiger partial charge is 0.350 e. The molecule has 4 aromatic rings. The molecule has 0 aliphatic carbocycles. The minimum atomic E-state index is -4.16. The molecule has 0 aromatic heterocycles. The van der Waals surface area contributed by atoms with E-state index in [-0.39, 0.29) is 23.8 Å². The van der Waals surface area contributed by atoms with E-state index < -0.39 is 34.1 Å². The van der Waals surface area contributed by atoms with Gasteiger partial charge in [-0.05, 0) is 87.2 Å². The van der Waals surface area contributed by atoms with Gasteiger partial charge in [-0.25, -0.2) is 8.42 Å². The van der Waals surface area contributed by atoms with Gasteiger partial charge in [0.15, 0.2) is 0 Å². The molecule has 0 saturated carbocycles. The van der Waals surface area contributed by atoms with Crippen molar-refractivity contribution in [2.24, 2.45) is 0 Å². The molecule has 45 heavy (non-hydrogen) atoms. The number of benzene rings is 4. The first kappa shape index (κ1) is 33.9. The number of hydrogen-bond acceptors (Lipinski definition) is 4. The van der Waals surface area contributed by atoms with E-state index in [1.165, 1.54) is 21.3 Å². The first-order valence-corrected chi connectivity index (χ1v) is 17.0. The Morgan fingerprint density at radius 1 is 0.822 bits per heavy atom. The summed E-state index contributed by atoms with van der Waals surface area (Å²) in [6.45, 7) is 9.01. The van der Waals surface area contributed by atoms with Gasteiger partial charge in [0.25, 0.3) is 10.0 Å². The summed E-state index contributed by atoms with van der Waals surface area (Å²) >= 11 is 3.52. The highest BCUT2D eigenvalue weighted by molar-refractivity contribution is 9.10. The minimum Gasteiger partial charge on any atom is -0.350 e. The Kier molecular flexibility index (Phi) is 10.9. The number of halogens is 1. The maximum absolute atomic E-state index is 14.6. The molecule has 7 nitrogen and oxygen atoms in total. The topological polar surface area (TPSA) is 86.8 Å². The van der Waals surface area contributed by atoms with Crippen LogP contribution in [0.4, 0.5) is 5.69 Å². The summed E-state index contributed by atoms with van der Waals surface area (Å²) in [4.78, 5) is 30.2. The third-order valence-corrected chi connectivity index (χ3v) is 9.73. The van der Waals surface area contributed by atoms with Crippen molar-refractivity contribution in [1.82, 2.24) is 10.2 Å². The molecule has 1 atom stereocenters. The summed E-state index contributed by atoms with van der Waals surface area (Å²) in [5.41, 5.74) is 3.16. The average molecular weight is 691 g/mol. The van der Waals surface area contributed by atoms with E-state index in [1.54, 1.807) is 30.3 Å². The van der Waals surface area contributed by atoms with Crippen molar-refractivity contribution in [2.45, 2.75) is 64.1 Å². The number of amides is 2. The molecule has 0 fully saturated rings. The number of rotatable bonds is 11. The minimum absolute atomic E-state index is 0.0727. The van der Waals surface area contributed by atoms with Crippen LogP contribution in [0, 0.1) is 13.8 Å². The maximum atomic E-state index is 14.6. The molecule has 0 aliphatic heterocycles. The van der Waals surface area contributed by atoms with Gasteiger partial charge in [-0.2, -0.15) is 0 Å². The molecule has 0 aliphatic rings. The molecule has 2 amide bonds. The highest BCUT2D eigenvalue weighted by atomic mass is 79.9. The molecular formula is C36H40BrN3O4S. The molecular weight excluding hydrogens is 650 g/mol. The summed E-state index contributed by atoms with van der Waals surface area (Å²) in [6.07, 6.45) is 0.247. The second-order valence-corrected chi connectivity index (χ2v) is 14.9. The van der Waals surface area contributed by atoms with Crippen LogP contribution in [0.25, 0.3) is 0 Å². The summed E-state index contributed by atoms with van der Waals surface area (Å²) in [5.74, 6) is -0.820. The molecule has 0 unspecified atom stereocenters. The van der Waals surface area contributed by atoms with E-state index >= 15 is 0 Å². The number of nitrogens with one attached hydrogen (secondary N) is 1. The van der Waals surface area contributed by atoms with E-state index in [1.807, 2.05) is 95.3 Å². The quantitative estimate of drug-likeness (QED) is 0.187. The fourth-order valence-corrected chi connectivity index (χ4v) is 7.02. The molecule has 4 rings (SSSR count). The van der Waals surface area contributed by atoms with E-state index in [0.717, 1.165) is 26.7 Å². The zero-order valence-electron chi connectivity index (χ0n) is 26.3. The number of carbonyl (C=O) groups excluding carboxylic acids is 2. The maximum Gasteiger partial charge on any atom is 0.264 e. The average Bonchev–Trinajstić information content (AvgIpc) is 2.99. The van der Waals surface area contributed by atoms with Crippen LogP contribution in [0.15, 0.2) is 112 Å². The Hall–Kier alpha value is -3.95. The van der Waals surface area contributed by atoms with Crippen LogP contribution in [-0.2, 0) is 32.6 Å². The molecule has 0 heterocycles. The fraction of sp³-hybridized carbons (Fsp3) is 0.278. The molecule has 4 aromatic carbocycles. The van der Waals surface area contributed by atoms with Gasteiger partial charge in [0.05, 0.1) is 10.6 Å². The fourth-order valence-electron chi connectivity index (χ4n) is 5.08. The van der Waals surface area contributed by atoms with Gasteiger partial charge >= 0.3 is 0 Å². The van der Waals surface area contributed by atoms with Crippen LogP contribution < -0.4 is 9.62 Å². The third-order valence-electron chi connectivity index (χ3n) is 7.47. The highest BCUT2D eigenvalue weighted by Crippen LogP contribution is 2.29. The Balaban J connectivity index is 1.84. The summed E-state index contributed by atoms with van der Waals surface area (Å²) in [7, 11) is -4.16. The summed E-state index contributed by atoms with van der Waals surface area (Å²) < 4.78 is 30.4. The lowest BCUT2D eigenvalue weighted by Gasteiger charge is -2.35. The van der Waals surface area contributed by atoms with Gasteiger partial charge in [0, 0.05) is 23.0 Å².